The lowest BCUT2D eigenvalue weighted by Crippen LogP contribution is -2.46. The molecule has 120 valence electrons. The number of aliphatic hydroxyl groups is 1. The summed E-state index contributed by atoms with van der Waals surface area (Å²) in [6.45, 7) is 8.59. The summed E-state index contributed by atoms with van der Waals surface area (Å²) >= 11 is 0. The zero-order valence-electron chi connectivity index (χ0n) is 13.8. The molecule has 0 bridgehead atoms. The van der Waals surface area contributed by atoms with Crippen LogP contribution in [0.1, 0.15) is 72.1 Å². The Kier molecular flexibility index (Phi) is 8.74. The number of β-amino-alcohol motifs (C(OH)–C–C–N with tert-alkyl or cyclic N) is 1. The van der Waals surface area contributed by atoms with E-state index in [0.717, 1.165) is 18.9 Å². The molecule has 0 amide bonds. The summed E-state index contributed by atoms with van der Waals surface area (Å²) in [7, 11) is 0. The van der Waals surface area contributed by atoms with Crippen molar-refractivity contribution in [2.24, 2.45) is 5.92 Å². The minimum Gasteiger partial charge on any atom is -0.389 e. The van der Waals surface area contributed by atoms with Gasteiger partial charge in [0.15, 0.2) is 0 Å². The van der Waals surface area contributed by atoms with Crippen molar-refractivity contribution in [3.05, 3.63) is 0 Å². The Labute approximate surface area is 125 Å². The van der Waals surface area contributed by atoms with Gasteiger partial charge in [-0.1, -0.05) is 39.0 Å². The highest BCUT2D eigenvalue weighted by molar-refractivity contribution is 4.94. The molecule has 2 N–H and O–H groups in total. The van der Waals surface area contributed by atoms with Crippen LogP contribution in [0.25, 0.3) is 0 Å². The van der Waals surface area contributed by atoms with Gasteiger partial charge in [-0.25, -0.2) is 0 Å². The number of ether oxygens (including phenoxy) is 1. The summed E-state index contributed by atoms with van der Waals surface area (Å²) in [5.41, 5.74) is 0.167. The minimum absolute atomic E-state index is 0.167. The Morgan fingerprint density at radius 1 is 1.15 bits per heavy atom. The minimum atomic E-state index is -0.381. The normalized spacial score (nSPS) is 17.4. The van der Waals surface area contributed by atoms with Crippen LogP contribution in [0.5, 0.6) is 0 Å². The molecule has 0 heterocycles. The second-order valence-corrected chi connectivity index (χ2v) is 6.87. The smallest absolute Gasteiger partial charge is 0.0897 e. The lowest BCUT2D eigenvalue weighted by Gasteiger charge is -2.27. The molecule has 0 radical (unpaired) electrons. The number of hydrogen-bond donors (Lipinski definition) is 2. The number of nitrogens with one attached hydrogen (secondary N) is 1. The molecule has 1 fully saturated rings. The van der Waals surface area contributed by atoms with Crippen molar-refractivity contribution in [2.75, 3.05) is 19.8 Å². The van der Waals surface area contributed by atoms with Crippen molar-refractivity contribution in [1.29, 1.82) is 0 Å². The van der Waals surface area contributed by atoms with Gasteiger partial charge in [-0.2, -0.15) is 0 Å². The highest BCUT2D eigenvalue weighted by Crippen LogP contribution is 2.39. The van der Waals surface area contributed by atoms with E-state index in [-0.39, 0.29) is 11.6 Å². The molecular weight excluding hydrogens is 250 g/mol. The van der Waals surface area contributed by atoms with Crippen molar-refractivity contribution in [1.82, 2.24) is 5.32 Å². The molecule has 1 aliphatic rings. The van der Waals surface area contributed by atoms with E-state index in [9.17, 15) is 5.11 Å². The maximum absolute atomic E-state index is 9.90. The summed E-state index contributed by atoms with van der Waals surface area (Å²) in [5, 5.41) is 13.4. The third kappa shape index (κ3) is 8.23. The third-order valence-electron chi connectivity index (χ3n) is 4.34. The van der Waals surface area contributed by atoms with Crippen molar-refractivity contribution in [3.63, 3.8) is 0 Å². The van der Waals surface area contributed by atoms with Gasteiger partial charge in [-0.05, 0) is 39.0 Å². The van der Waals surface area contributed by atoms with Gasteiger partial charge in [-0.15, -0.1) is 0 Å². The van der Waals surface area contributed by atoms with Crippen LogP contribution in [0, 0.1) is 5.92 Å². The molecule has 0 aromatic carbocycles. The molecule has 1 rings (SSSR count). The highest BCUT2D eigenvalue weighted by atomic mass is 16.5. The largest absolute Gasteiger partial charge is 0.389 e. The highest BCUT2D eigenvalue weighted by Gasteiger charge is 2.37. The van der Waals surface area contributed by atoms with Gasteiger partial charge in [0.1, 0.15) is 0 Å². The zero-order valence-corrected chi connectivity index (χ0v) is 13.8. The average molecular weight is 285 g/mol. The number of aliphatic hydroxyl groups excluding tert-OH is 1. The molecule has 1 unspecified atom stereocenters. The lowest BCUT2D eigenvalue weighted by molar-refractivity contribution is 0.0314. The van der Waals surface area contributed by atoms with E-state index in [4.69, 9.17) is 4.74 Å². The van der Waals surface area contributed by atoms with Crippen LogP contribution in [-0.2, 0) is 4.74 Å². The van der Waals surface area contributed by atoms with Crippen LogP contribution in [0.15, 0.2) is 0 Å². The van der Waals surface area contributed by atoms with Gasteiger partial charge < -0.3 is 15.2 Å². The second kappa shape index (κ2) is 9.75. The van der Waals surface area contributed by atoms with Crippen LogP contribution < -0.4 is 5.32 Å². The molecule has 0 spiro atoms. The van der Waals surface area contributed by atoms with Gasteiger partial charge in [0.2, 0.25) is 0 Å². The quantitative estimate of drug-likeness (QED) is 0.509. The number of unbranched alkanes of at least 4 members (excludes halogenated alkanes) is 5. The zero-order chi connectivity index (χ0) is 14.8. The summed E-state index contributed by atoms with van der Waals surface area (Å²) in [5.74, 6) is 0.790. The number of hydrogen-bond acceptors (Lipinski definition) is 3. The molecule has 0 saturated heterocycles. The topological polar surface area (TPSA) is 41.5 Å². The van der Waals surface area contributed by atoms with Gasteiger partial charge in [0.25, 0.3) is 0 Å². The summed E-state index contributed by atoms with van der Waals surface area (Å²) in [4.78, 5) is 0. The van der Waals surface area contributed by atoms with Gasteiger partial charge >= 0.3 is 0 Å². The molecule has 3 heteroatoms. The molecule has 1 atom stereocenters. The van der Waals surface area contributed by atoms with Crippen LogP contribution >= 0.6 is 0 Å². The fourth-order valence-corrected chi connectivity index (χ4v) is 2.59. The SMILES string of the molecule is CCCCCCCCOCC(O)CNC(C)(C)C1CC1. The van der Waals surface area contributed by atoms with E-state index in [1.165, 1.54) is 44.9 Å². The molecule has 0 aromatic heterocycles. The van der Waals surface area contributed by atoms with Crippen molar-refractivity contribution >= 4 is 0 Å². The molecule has 0 aromatic rings. The maximum Gasteiger partial charge on any atom is 0.0897 e. The van der Waals surface area contributed by atoms with Crippen molar-refractivity contribution in [2.45, 2.75) is 83.8 Å². The molecule has 3 nitrogen and oxygen atoms in total. The summed E-state index contributed by atoms with van der Waals surface area (Å²) in [6, 6.07) is 0. The van der Waals surface area contributed by atoms with Crippen molar-refractivity contribution < 1.29 is 9.84 Å². The van der Waals surface area contributed by atoms with Crippen LogP contribution in [0.3, 0.4) is 0 Å². The molecule has 1 aliphatic carbocycles. The Hall–Kier alpha value is -0.120. The maximum atomic E-state index is 9.90. The van der Waals surface area contributed by atoms with E-state index >= 15 is 0 Å². The first kappa shape index (κ1) is 17.9. The fourth-order valence-electron chi connectivity index (χ4n) is 2.59. The Morgan fingerprint density at radius 2 is 1.80 bits per heavy atom. The van der Waals surface area contributed by atoms with Crippen LogP contribution in [0.4, 0.5) is 0 Å². The molecule has 1 saturated carbocycles. The Balaban J connectivity index is 1.88. The first-order valence-corrected chi connectivity index (χ1v) is 8.57. The average Bonchev–Trinajstić information content (AvgIpc) is 3.24. The van der Waals surface area contributed by atoms with E-state index in [1.54, 1.807) is 0 Å². The predicted octanol–water partition coefficient (Wildman–Crippen LogP) is 3.50. The van der Waals surface area contributed by atoms with Crippen LogP contribution in [0.2, 0.25) is 0 Å². The monoisotopic (exact) mass is 285 g/mol. The lowest BCUT2D eigenvalue weighted by atomic mass is 9.98. The second-order valence-electron chi connectivity index (χ2n) is 6.87. The van der Waals surface area contributed by atoms with Gasteiger partial charge in [0.05, 0.1) is 12.7 Å². The fraction of sp³-hybridized carbons (Fsp3) is 1.00. The Morgan fingerprint density at radius 3 is 2.45 bits per heavy atom. The molecule has 20 heavy (non-hydrogen) atoms. The third-order valence-corrected chi connectivity index (χ3v) is 4.34. The van der Waals surface area contributed by atoms with E-state index in [1.807, 2.05) is 0 Å². The molecular formula is C17H35NO2. The van der Waals surface area contributed by atoms with Crippen molar-refractivity contribution in [3.8, 4) is 0 Å². The number of rotatable bonds is 13. The summed E-state index contributed by atoms with van der Waals surface area (Å²) in [6.07, 6.45) is 9.95. The Bertz CT molecular complexity index is 239. The molecule has 0 aliphatic heterocycles. The van der Waals surface area contributed by atoms with E-state index in [2.05, 4.69) is 26.1 Å². The van der Waals surface area contributed by atoms with Gasteiger partial charge in [0, 0.05) is 18.7 Å². The standard InChI is InChI=1S/C17H35NO2/c1-4-5-6-7-8-9-12-20-14-16(19)13-18-17(2,3)15-10-11-15/h15-16,18-19H,4-14H2,1-3H3. The first-order valence-electron chi connectivity index (χ1n) is 8.57. The van der Waals surface area contributed by atoms with Crippen LogP contribution in [-0.4, -0.2) is 36.5 Å². The predicted molar refractivity (Wildman–Crippen MR) is 85.0 cm³/mol. The first-order chi connectivity index (χ1) is 9.56. The van der Waals surface area contributed by atoms with Gasteiger partial charge in [-0.3, -0.25) is 0 Å². The van der Waals surface area contributed by atoms with E-state index < -0.39 is 0 Å². The summed E-state index contributed by atoms with van der Waals surface area (Å²) < 4.78 is 5.55. The van der Waals surface area contributed by atoms with E-state index in [0.29, 0.717) is 13.2 Å².